The smallest absolute Gasteiger partial charge is 0.306 e. The van der Waals surface area contributed by atoms with Gasteiger partial charge in [-0.2, -0.15) is 0 Å². The van der Waals surface area contributed by atoms with Crippen molar-refractivity contribution < 1.29 is 19.7 Å². The number of rotatable bonds is 4. The largest absolute Gasteiger partial charge is 0.496 e. The fourth-order valence-electron chi connectivity index (χ4n) is 1.29. The zero-order chi connectivity index (χ0) is 11.4. The van der Waals surface area contributed by atoms with Gasteiger partial charge in [-0.3, -0.25) is 4.79 Å². The van der Waals surface area contributed by atoms with Crippen molar-refractivity contribution in [2.24, 2.45) is 0 Å². The molecule has 5 heteroatoms. The Kier molecular flexibility index (Phi) is 4.11. The van der Waals surface area contributed by atoms with Gasteiger partial charge >= 0.3 is 5.97 Å². The lowest BCUT2D eigenvalue weighted by atomic mass is 10.1. The van der Waals surface area contributed by atoms with Crippen LogP contribution in [0, 0.1) is 0 Å². The van der Waals surface area contributed by atoms with E-state index in [1.807, 2.05) is 0 Å². The Hall–Kier alpha value is -1.07. The molecule has 1 rings (SSSR count). The lowest BCUT2D eigenvalue weighted by Gasteiger charge is -2.14. The number of carbonyl (C=O) groups is 1. The van der Waals surface area contributed by atoms with Gasteiger partial charge in [-0.15, -0.1) is 0 Å². The fourth-order valence-corrected chi connectivity index (χ4v) is 1.90. The van der Waals surface area contributed by atoms with Crippen LogP contribution in [0.1, 0.15) is 18.1 Å². The SMILES string of the molecule is COc1cccc(Br)c1[C@H](O)CC(=O)O. The zero-order valence-electron chi connectivity index (χ0n) is 8.11. The lowest BCUT2D eigenvalue weighted by molar-refractivity contribution is -0.139. The van der Waals surface area contributed by atoms with Gasteiger partial charge in [0.2, 0.25) is 0 Å². The number of aliphatic carboxylic acids is 1. The van der Waals surface area contributed by atoms with E-state index in [0.717, 1.165) is 0 Å². The maximum atomic E-state index is 10.5. The predicted molar refractivity (Wildman–Crippen MR) is 57.9 cm³/mol. The summed E-state index contributed by atoms with van der Waals surface area (Å²) in [6.07, 6.45) is -1.42. The third-order valence-corrected chi connectivity index (χ3v) is 2.63. The summed E-state index contributed by atoms with van der Waals surface area (Å²) in [5, 5.41) is 18.3. The van der Waals surface area contributed by atoms with Gasteiger partial charge in [0.05, 0.1) is 19.6 Å². The summed E-state index contributed by atoms with van der Waals surface area (Å²) in [6, 6.07) is 5.15. The number of halogens is 1. The van der Waals surface area contributed by atoms with Crippen LogP contribution in [0.15, 0.2) is 22.7 Å². The molecule has 0 aliphatic carbocycles. The number of hydrogen-bond acceptors (Lipinski definition) is 3. The number of aliphatic hydroxyl groups is 1. The highest BCUT2D eigenvalue weighted by atomic mass is 79.9. The number of benzene rings is 1. The van der Waals surface area contributed by atoms with Crippen molar-refractivity contribution in [3.05, 3.63) is 28.2 Å². The molecule has 82 valence electrons. The number of hydrogen-bond donors (Lipinski definition) is 2. The number of aliphatic hydroxyl groups excluding tert-OH is 1. The van der Waals surface area contributed by atoms with Gasteiger partial charge in [0, 0.05) is 10.0 Å². The molecule has 1 atom stereocenters. The van der Waals surface area contributed by atoms with Crippen LogP contribution in [0.5, 0.6) is 5.75 Å². The molecule has 0 radical (unpaired) electrons. The van der Waals surface area contributed by atoms with E-state index >= 15 is 0 Å². The van der Waals surface area contributed by atoms with Gasteiger partial charge in [0.15, 0.2) is 0 Å². The molecule has 1 aromatic carbocycles. The molecule has 1 aromatic rings. The van der Waals surface area contributed by atoms with E-state index in [0.29, 0.717) is 15.8 Å². The third-order valence-electron chi connectivity index (χ3n) is 1.93. The summed E-state index contributed by atoms with van der Waals surface area (Å²) in [7, 11) is 1.47. The van der Waals surface area contributed by atoms with Crippen molar-refractivity contribution in [3.8, 4) is 5.75 Å². The molecule has 0 bridgehead atoms. The summed E-state index contributed by atoms with van der Waals surface area (Å²) in [5.74, 6) is -0.585. The van der Waals surface area contributed by atoms with Crippen LogP contribution < -0.4 is 4.74 Å². The third kappa shape index (κ3) is 2.94. The molecular weight excluding hydrogens is 264 g/mol. The van der Waals surface area contributed by atoms with Gasteiger partial charge < -0.3 is 14.9 Å². The molecule has 0 fully saturated rings. The van der Waals surface area contributed by atoms with Crippen molar-refractivity contribution >= 4 is 21.9 Å². The molecule has 0 aliphatic rings. The molecule has 4 nitrogen and oxygen atoms in total. The molecule has 0 saturated carbocycles. The number of methoxy groups -OCH3 is 1. The first kappa shape index (κ1) is 12.0. The highest BCUT2D eigenvalue weighted by Crippen LogP contribution is 2.33. The van der Waals surface area contributed by atoms with Crippen molar-refractivity contribution in [1.82, 2.24) is 0 Å². The molecular formula is C10H11BrO4. The molecule has 15 heavy (non-hydrogen) atoms. The van der Waals surface area contributed by atoms with Crippen LogP contribution >= 0.6 is 15.9 Å². The average Bonchev–Trinajstić information content (AvgIpc) is 2.15. The zero-order valence-corrected chi connectivity index (χ0v) is 9.69. The van der Waals surface area contributed by atoms with E-state index in [4.69, 9.17) is 9.84 Å². The Bertz CT molecular complexity index is 364. The van der Waals surface area contributed by atoms with E-state index in [1.165, 1.54) is 7.11 Å². The number of ether oxygens (including phenoxy) is 1. The van der Waals surface area contributed by atoms with Crippen molar-refractivity contribution in [1.29, 1.82) is 0 Å². The van der Waals surface area contributed by atoms with Gasteiger partial charge in [-0.25, -0.2) is 0 Å². The number of carboxylic acids is 1. The maximum absolute atomic E-state index is 10.5. The summed E-state index contributed by atoms with van der Waals surface area (Å²) in [4.78, 5) is 10.5. The minimum Gasteiger partial charge on any atom is -0.496 e. The van der Waals surface area contributed by atoms with Crippen molar-refractivity contribution in [2.75, 3.05) is 7.11 Å². The normalized spacial score (nSPS) is 12.2. The Morgan fingerprint density at radius 1 is 1.60 bits per heavy atom. The van der Waals surface area contributed by atoms with Gasteiger partial charge in [-0.05, 0) is 12.1 Å². The molecule has 0 unspecified atom stereocenters. The molecule has 0 aliphatic heterocycles. The van der Waals surface area contributed by atoms with Crippen LogP contribution in [-0.2, 0) is 4.79 Å². The van der Waals surface area contributed by atoms with E-state index in [-0.39, 0.29) is 6.42 Å². The quantitative estimate of drug-likeness (QED) is 0.881. The van der Waals surface area contributed by atoms with Crippen molar-refractivity contribution in [3.63, 3.8) is 0 Å². The second-order valence-electron chi connectivity index (χ2n) is 2.97. The van der Waals surface area contributed by atoms with Gasteiger partial charge in [-0.1, -0.05) is 22.0 Å². The second kappa shape index (κ2) is 5.14. The number of carboxylic acid groups (broad SMARTS) is 1. The highest BCUT2D eigenvalue weighted by molar-refractivity contribution is 9.10. The second-order valence-corrected chi connectivity index (χ2v) is 3.82. The van der Waals surface area contributed by atoms with E-state index in [9.17, 15) is 9.90 Å². The van der Waals surface area contributed by atoms with Gasteiger partial charge in [0.1, 0.15) is 5.75 Å². The van der Waals surface area contributed by atoms with E-state index in [1.54, 1.807) is 18.2 Å². The summed E-state index contributed by atoms with van der Waals surface area (Å²) in [6.45, 7) is 0. The van der Waals surface area contributed by atoms with Crippen LogP contribution in [0.3, 0.4) is 0 Å². The van der Waals surface area contributed by atoms with Crippen LogP contribution in [0.2, 0.25) is 0 Å². The highest BCUT2D eigenvalue weighted by Gasteiger charge is 2.19. The molecule has 0 spiro atoms. The minimum atomic E-state index is -1.08. The summed E-state index contributed by atoms with van der Waals surface area (Å²) >= 11 is 3.25. The van der Waals surface area contributed by atoms with Crippen LogP contribution in [0.25, 0.3) is 0 Å². The first-order valence-corrected chi connectivity index (χ1v) is 5.07. The molecule has 0 aromatic heterocycles. The lowest BCUT2D eigenvalue weighted by Crippen LogP contribution is -2.07. The predicted octanol–water partition coefficient (Wildman–Crippen LogP) is 1.97. The topological polar surface area (TPSA) is 66.8 Å². The Balaban J connectivity index is 3.05. The van der Waals surface area contributed by atoms with E-state index in [2.05, 4.69) is 15.9 Å². The standard InChI is InChI=1S/C10H11BrO4/c1-15-8-4-2-3-6(11)10(8)7(12)5-9(13)14/h2-4,7,12H,5H2,1H3,(H,13,14)/t7-/m1/s1. The minimum absolute atomic E-state index is 0.348. The summed E-state index contributed by atoms with van der Waals surface area (Å²) in [5.41, 5.74) is 0.461. The monoisotopic (exact) mass is 274 g/mol. The first-order valence-electron chi connectivity index (χ1n) is 4.28. The molecule has 0 amide bonds. The maximum Gasteiger partial charge on any atom is 0.306 e. The first-order chi connectivity index (χ1) is 7.06. The molecule has 0 heterocycles. The Morgan fingerprint density at radius 2 is 2.27 bits per heavy atom. The van der Waals surface area contributed by atoms with Gasteiger partial charge in [0.25, 0.3) is 0 Å². The fraction of sp³-hybridized carbons (Fsp3) is 0.300. The van der Waals surface area contributed by atoms with E-state index < -0.39 is 12.1 Å². The average molecular weight is 275 g/mol. The van der Waals surface area contributed by atoms with Crippen molar-refractivity contribution in [2.45, 2.75) is 12.5 Å². The summed E-state index contributed by atoms with van der Waals surface area (Å²) < 4.78 is 5.68. The molecule has 2 N–H and O–H groups in total. The Labute approximate surface area is 95.6 Å². The van der Waals surface area contributed by atoms with Crippen LogP contribution in [0.4, 0.5) is 0 Å². The van der Waals surface area contributed by atoms with Crippen LogP contribution in [-0.4, -0.2) is 23.3 Å². The Morgan fingerprint density at radius 3 is 2.80 bits per heavy atom. The molecule has 0 saturated heterocycles.